The van der Waals surface area contributed by atoms with E-state index >= 15 is 0 Å². The van der Waals surface area contributed by atoms with Crippen LogP contribution in [0.5, 0.6) is 11.5 Å². The first-order valence-corrected chi connectivity index (χ1v) is 9.67. The van der Waals surface area contributed by atoms with E-state index in [9.17, 15) is 13.2 Å². The van der Waals surface area contributed by atoms with Gasteiger partial charge >= 0.3 is 6.18 Å². The summed E-state index contributed by atoms with van der Waals surface area (Å²) >= 11 is 3.57. The second kappa shape index (κ2) is 8.71. The van der Waals surface area contributed by atoms with Crippen LogP contribution < -0.4 is 14.8 Å². The average Bonchev–Trinajstić information content (AvgIpc) is 2.69. The second-order valence-corrected chi connectivity index (χ2v) is 7.39. The van der Waals surface area contributed by atoms with E-state index in [-0.39, 0.29) is 6.04 Å². The van der Waals surface area contributed by atoms with Crippen molar-refractivity contribution in [2.24, 2.45) is 0 Å². The van der Waals surface area contributed by atoms with E-state index < -0.39 is 11.7 Å². The van der Waals surface area contributed by atoms with E-state index in [1.165, 1.54) is 12.1 Å². The monoisotopic (exact) mass is 458 g/mol. The maximum absolute atomic E-state index is 13.3. The molecule has 0 radical (unpaired) electrons. The molecular formula is C20H22BrF3N2O2. The zero-order valence-electron chi connectivity index (χ0n) is 15.6. The predicted molar refractivity (Wildman–Crippen MR) is 105 cm³/mol. The molecule has 1 aliphatic heterocycles. The Hall–Kier alpha value is -1.77. The fourth-order valence-electron chi connectivity index (χ4n) is 3.49. The first-order chi connectivity index (χ1) is 13.3. The molecule has 8 heteroatoms. The van der Waals surface area contributed by atoms with Gasteiger partial charge in [-0.25, -0.2) is 0 Å². The van der Waals surface area contributed by atoms with Crippen molar-refractivity contribution in [2.45, 2.75) is 12.2 Å². The van der Waals surface area contributed by atoms with E-state index in [1.54, 1.807) is 26.4 Å². The largest absolute Gasteiger partial charge is 0.493 e. The number of nitrogens with zero attached hydrogens (tertiary/aromatic N) is 1. The minimum atomic E-state index is -4.39. The lowest BCUT2D eigenvalue weighted by molar-refractivity contribution is -0.137. The summed E-state index contributed by atoms with van der Waals surface area (Å²) in [4.78, 5) is 2.18. The van der Waals surface area contributed by atoms with E-state index in [2.05, 4.69) is 26.1 Å². The Morgan fingerprint density at radius 3 is 2.29 bits per heavy atom. The fraction of sp³-hybridized carbons (Fsp3) is 0.400. The zero-order chi connectivity index (χ0) is 20.3. The number of piperazine rings is 1. The van der Waals surface area contributed by atoms with Crippen molar-refractivity contribution in [3.63, 3.8) is 0 Å². The van der Waals surface area contributed by atoms with Gasteiger partial charge in [0.15, 0.2) is 11.5 Å². The third-order valence-electron chi connectivity index (χ3n) is 4.84. The molecule has 28 heavy (non-hydrogen) atoms. The summed E-state index contributed by atoms with van der Waals surface area (Å²) in [5.74, 6) is 1.09. The number of alkyl halides is 3. The Kier molecular flexibility index (Phi) is 6.52. The van der Waals surface area contributed by atoms with Crippen molar-refractivity contribution < 1.29 is 22.6 Å². The minimum Gasteiger partial charge on any atom is -0.493 e. The summed E-state index contributed by atoms with van der Waals surface area (Å²) in [7, 11) is 3.09. The van der Waals surface area contributed by atoms with Crippen LogP contribution >= 0.6 is 15.9 Å². The van der Waals surface area contributed by atoms with E-state index in [0.717, 1.165) is 42.3 Å². The Bertz CT molecular complexity index is 824. The van der Waals surface area contributed by atoms with Gasteiger partial charge in [-0.2, -0.15) is 13.2 Å². The normalized spacial score (nSPS) is 16.6. The van der Waals surface area contributed by atoms with Crippen molar-refractivity contribution in [2.75, 3.05) is 40.4 Å². The average molecular weight is 459 g/mol. The molecule has 1 saturated heterocycles. The van der Waals surface area contributed by atoms with Crippen molar-refractivity contribution in [3.8, 4) is 11.5 Å². The van der Waals surface area contributed by atoms with Crippen LogP contribution in [0.25, 0.3) is 0 Å². The smallest absolute Gasteiger partial charge is 0.416 e. The molecule has 1 aliphatic rings. The number of halogens is 4. The SMILES string of the molecule is COc1cc(Br)c(C(c2cccc(C(F)(F)F)c2)N2CCNCC2)cc1OC. The molecule has 1 N–H and O–H groups in total. The number of benzene rings is 2. The highest BCUT2D eigenvalue weighted by Gasteiger charge is 2.33. The molecule has 152 valence electrons. The molecule has 0 aliphatic carbocycles. The van der Waals surface area contributed by atoms with Crippen LogP contribution in [0.4, 0.5) is 13.2 Å². The maximum atomic E-state index is 13.3. The van der Waals surface area contributed by atoms with Gasteiger partial charge in [0.05, 0.1) is 25.8 Å². The van der Waals surface area contributed by atoms with Gasteiger partial charge in [-0.15, -0.1) is 0 Å². The molecule has 0 aromatic heterocycles. The van der Waals surface area contributed by atoms with E-state index in [0.29, 0.717) is 17.1 Å². The summed E-state index contributed by atoms with van der Waals surface area (Å²) in [6.45, 7) is 3.00. The second-order valence-electron chi connectivity index (χ2n) is 6.54. The minimum absolute atomic E-state index is 0.349. The van der Waals surface area contributed by atoms with Crippen LogP contribution in [0.15, 0.2) is 40.9 Å². The van der Waals surface area contributed by atoms with Gasteiger partial charge in [0.25, 0.3) is 0 Å². The van der Waals surface area contributed by atoms with Crippen LogP contribution in [-0.4, -0.2) is 45.3 Å². The number of rotatable bonds is 5. The molecule has 0 saturated carbocycles. The lowest BCUT2D eigenvalue weighted by atomic mass is 9.94. The maximum Gasteiger partial charge on any atom is 0.416 e. The number of hydrogen-bond acceptors (Lipinski definition) is 4. The lowest BCUT2D eigenvalue weighted by Gasteiger charge is -2.36. The van der Waals surface area contributed by atoms with Gasteiger partial charge in [-0.05, 0) is 35.4 Å². The number of methoxy groups -OCH3 is 2. The fourth-order valence-corrected chi connectivity index (χ4v) is 4.03. The van der Waals surface area contributed by atoms with E-state index in [4.69, 9.17) is 9.47 Å². The third kappa shape index (κ3) is 4.45. The molecule has 1 unspecified atom stereocenters. The number of nitrogens with one attached hydrogen (secondary N) is 1. The molecule has 0 amide bonds. The van der Waals surface area contributed by atoms with Crippen LogP contribution in [0.1, 0.15) is 22.7 Å². The molecule has 2 aromatic carbocycles. The standard InChI is InChI=1S/C20H22BrF3N2O2/c1-27-17-11-15(16(21)12-18(17)28-2)19(26-8-6-25-7-9-26)13-4-3-5-14(10-13)20(22,23)24/h3-5,10-12,19,25H,6-9H2,1-2H3. The van der Waals surface area contributed by atoms with Crippen LogP contribution in [0.2, 0.25) is 0 Å². The van der Waals surface area contributed by atoms with Gasteiger partial charge in [0, 0.05) is 30.7 Å². The highest BCUT2D eigenvalue weighted by atomic mass is 79.9. The van der Waals surface area contributed by atoms with Gasteiger partial charge in [0.1, 0.15) is 0 Å². The lowest BCUT2D eigenvalue weighted by Crippen LogP contribution is -2.45. The number of hydrogen-bond donors (Lipinski definition) is 1. The van der Waals surface area contributed by atoms with Crippen molar-refractivity contribution >= 4 is 15.9 Å². The summed E-state index contributed by atoms with van der Waals surface area (Å²) in [5, 5.41) is 3.29. The highest BCUT2D eigenvalue weighted by Crippen LogP contribution is 2.41. The van der Waals surface area contributed by atoms with Crippen LogP contribution in [0.3, 0.4) is 0 Å². The Morgan fingerprint density at radius 1 is 1.04 bits per heavy atom. The summed E-state index contributed by atoms with van der Waals surface area (Å²) < 4.78 is 51.4. The zero-order valence-corrected chi connectivity index (χ0v) is 17.2. The van der Waals surface area contributed by atoms with Crippen molar-refractivity contribution in [3.05, 3.63) is 57.6 Å². The third-order valence-corrected chi connectivity index (χ3v) is 5.53. The van der Waals surface area contributed by atoms with Gasteiger partial charge in [-0.1, -0.05) is 28.1 Å². The first kappa shape index (κ1) is 21.0. The molecule has 4 nitrogen and oxygen atoms in total. The molecule has 0 spiro atoms. The predicted octanol–water partition coefficient (Wildman–Crippen LogP) is 4.48. The highest BCUT2D eigenvalue weighted by molar-refractivity contribution is 9.10. The van der Waals surface area contributed by atoms with Gasteiger partial charge in [0.2, 0.25) is 0 Å². The molecule has 2 aromatic rings. The molecular weight excluding hydrogens is 437 g/mol. The molecule has 0 bridgehead atoms. The Balaban J connectivity index is 2.13. The Labute approximate surface area is 170 Å². The summed E-state index contributed by atoms with van der Waals surface area (Å²) in [6, 6.07) is 8.80. The Morgan fingerprint density at radius 2 is 1.68 bits per heavy atom. The van der Waals surface area contributed by atoms with Crippen LogP contribution in [-0.2, 0) is 6.18 Å². The van der Waals surface area contributed by atoms with E-state index in [1.807, 2.05) is 6.07 Å². The van der Waals surface area contributed by atoms with Gasteiger partial charge in [-0.3, -0.25) is 4.90 Å². The topological polar surface area (TPSA) is 33.7 Å². The molecule has 1 heterocycles. The number of ether oxygens (including phenoxy) is 2. The van der Waals surface area contributed by atoms with Gasteiger partial charge < -0.3 is 14.8 Å². The molecule has 1 fully saturated rings. The molecule has 1 atom stereocenters. The first-order valence-electron chi connectivity index (χ1n) is 8.88. The van der Waals surface area contributed by atoms with Crippen LogP contribution in [0, 0.1) is 0 Å². The van der Waals surface area contributed by atoms with Crippen molar-refractivity contribution in [1.82, 2.24) is 10.2 Å². The van der Waals surface area contributed by atoms with Crippen molar-refractivity contribution in [1.29, 1.82) is 0 Å². The molecule has 3 rings (SSSR count). The summed E-state index contributed by atoms with van der Waals surface area (Å²) in [6.07, 6.45) is -4.39. The summed E-state index contributed by atoms with van der Waals surface area (Å²) in [5.41, 5.74) is 0.769. The quantitative estimate of drug-likeness (QED) is 0.715.